The quantitative estimate of drug-likeness (QED) is 0.324. The van der Waals surface area contributed by atoms with Gasteiger partial charge in [0.2, 0.25) is 5.70 Å². The minimum Gasteiger partial charge on any atom is -0.308 e. The first kappa shape index (κ1) is 22.2. The van der Waals surface area contributed by atoms with E-state index in [0.29, 0.717) is 0 Å². The second kappa shape index (κ2) is 8.42. The fourth-order valence-electron chi connectivity index (χ4n) is 6.12. The molecular weight excluding hydrogens is 444 g/mol. The summed E-state index contributed by atoms with van der Waals surface area (Å²) in [6.45, 7) is 11.7. The summed E-state index contributed by atoms with van der Waals surface area (Å²) >= 11 is 0. The molecule has 3 atom stereocenters. The number of hydrogen-bond donors (Lipinski definition) is 0. The zero-order valence-corrected chi connectivity index (χ0v) is 20.3. The van der Waals surface area contributed by atoms with E-state index in [1.165, 1.54) is 11.1 Å². The maximum absolute atomic E-state index is 12.8. The van der Waals surface area contributed by atoms with E-state index >= 15 is 0 Å². The van der Waals surface area contributed by atoms with Crippen LogP contribution in [0, 0.1) is 18.4 Å². The van der Waals surface area contributed by atoms with Gasteiger partial charge in [-0.25, -0.2) is 9.53 Å². The van der Waals surface area contributed by atoms with E-state index < -0.39 is 5.41 Å². The van der Waals surface area contributed by atoms with Gasteiger partial charge in [0.15, 0.2) is 5.78 Å². The Morgan fingerprint density at radius 2 is 1.67 bits per heavy atom. The van der Waals surface area contributed by atoms with Crippen LogP contribution in [0.15, 0.2) is 90.9 Å². The maximum Gasteiger partial charge on any atom is 0.226 e. The molecule has 2 aromatic carbocycles. The Morgan fingerprint density at radius 3 is 2.36 bits per heavy atom. The Hall–Kier alpha value is -4.30. The average Bonchev–Trinajstić information content (AvgIpc) is 3.33. The predicted octanol–water partition coefficient (Wildman–Crippen LogP) is 6.44. The van der Waals surface area contributed by atoms with Gasteiger partial charge < -0.3 is 4.79 Å². The van der Waals surface area contributed by atoms with E-state index in [1.54, 1.807) is 0 Å². The van der Waals surface area contributed by atoms with Gasteiger partial charge in [0, 0.05) is 34.9 Å². The van der Waals surface area contributed by atoms with Crippen molar-refractivity contribution in [1.82, 2.24) is 14.8 Å². The summed E-state index contributed by atoms with van der Waals surface area (Å²) in [5.41, 5.74) is 7.34. The van der Waals surface area contributed by atoms with Gasteiger partial charge in [-0.05, 0) is 54.2 Å². The second-order valence-corrected chi connectivity index (χ2v) is 9.96. The molecule has 4 aromatic rings. The Kier molecular flexibility index (Phi) is 5.19. The number of rotatable bonds is 3. The van der Waals surface area contributed by atoms with Gasteiger partial charge in [-0.1, -0.05) is 62.4 Å². The van der Waals surface area contributed by atoms with Crippen LogP contribution in [0.4, 0.5) is 0 Å². The highest BCUT2D eigenvalue weighted by atomic mass is 16.1. The summed E-state index contributed by atoms with van der Waals surface area (Å²) in [6.07, 6.45) is 7.23. The monoisotopic (exact) mass is 470 g/mol. The molecule has 0 unspecified atom stereocenters. The number of aromatic nitrogens is 3. The first-order valence-electron chi connectivity index (χ1n) is 12.3. The molecule has 0 N–H and O–H groups in total. The van der Waals surface area contributed by atoms with Crippen LogP contribution in [0.5, 0.6) is 0 Å². The van der Waals surface area contributed by atoms with Crippen molar-refractivity contribution in [1.29, 1.82) is 0 Å². The predicted molar refractivity (Wildman–Crippen MR) is 140 cm³/mol. The van der Waals surface area contributed by atoms with Crippen molar-refractivity contribution in [2.75, 3.05) is 0 Å². The molecule has 0 saturated carbocycles. The largest absolute Gasteiger partial charge is 0.308 e. The summed E-state index contributed by atoms with van der Waals surface area (Å²) in [7, 11) is 0. The highest BCUT2D eigenvalue weighted by Gasteiger charge is 2.50. The van der Waals surface area contributed by atoms with Gasteiger partial charge in [0.05, 0.1) is 23.6 Å². The van der Waals surface area contributed by atoms with Crippen LogP contribution in [-0.2, 0) is 16.6 Å². The third-order valence-electron chi connectivity index (χ3n) is 7.97. The smallest absolute Gasteiger partial charge is 0.226 e. The molecule has 36 heavy (non-hydrogen) atoms. The van der Waals surface area contributed by atoms with Crippen LogP contribution in [0.25, 0.3) is 32.9 Å². The number of allylic oxidation sites excluding steroid dienone is 2. The molecule has 2 aliphatic carbocycles. The lowest BCUT2D eigenvalue weighted by atomic mass is 9.58. The van der Waals surface area contributed by atoms with E-state index in [4.69, 9.17) is 11.7 Å². The van der Waals surface area contributed by atoms with Gasteiger partial charge in [-0.3, -0.25) is 4.98 Å². The number of carbonyl (C=O) groups is 1. The molecule has 2 aliphatic rings. The van der Waals surface area contributed by atoms with Gasteiger partial charge in [-0.15, -0.1) is 0 Å². The number of Topliss-reactive ketones (excluding diaryl/α,β-unsaturated/α-hetero) is 1. The molecule has 176 valence electrons. The van der Waals surface area contributed by atoms with Crippen molar-refractivity contribution in [2.45, 2.75) is 32.1 Å². The Balaban J connectivity index is 1.55. The van der Waals surface area contributed by atoms with E-state index in [0.717, 1.165) is 41.0 Å². The van der Waals surface area contributed by atoms with Crippen LogP contribution in [0.3, 0.4) is 0 Å². The second-order valence-electron chi connectivity index (χ2n) is 9.96. The lowest BCUT2D eigenvalue weighted by Gasteiger charge is -2.44. The normalized spacial score (nSPS) is 22.8. The number of carbonyl (C=O) groups excluding carboxylic acids is 1. The topological polar surface area (TPSA) is 52.1 Å². The van der Waals surface area contributed by atoms with E-state index in [1.807, 2.05) is 60.4 Å². The van der Waals surface area contributed by atoms with E-state index in [-0.39, 0.29) is 23.3 Å². The third-order valence-corrected chi connectivity index (χ3v) is 7.97. The molecule has 0 saturated heterocycles. The molecule has 2 heterocycles. The van der Waals surface area contributed by atoms with Crippen LogP contribution >= 0.6 is 0 Å². The van der Waals surface area contributed by atoms with Crippen molar-refractivity contribution < 1.29 is 4.79 Å². The van der Waals surface area contributed by atoms with Gasteiger partial charge in [0.25, 0.3) is 0 Å². The maximum atomic E-state index is 12.8. The summed E-state index contributed by atoms with van der Waals surface area (Å²) in [4.78, 5) is 20.6. The molecule has 0 radical (unpaired) electrons. The van der Waals surface area contributed by atoms with Crippen LogP contribution in [0.1, 0.15) is 31.5 Å². The third kappa shape index (κ3) is 3.33. The molecule has 0 spiro atoms. The summed E-state index contributed by atoms with van der Waals surface area (Å²) < 4.78 is 2.04. The molecule has 0 aliphatic heterocycles. The molecule has 0 amide bonds. The molecule has 0 bridgehead atoms. The Morgan fingerprint density at radius 1 is 0.972 bits per heavy atom. The standard InChI is InChI=1S/C31H26N4O/c1-20-26-14-13-25-28(23-15-17-33-18-16-23)35(34-30(25)31(26,2)19-27(32-3)29(20)36)24-11-9-22(10-12-24)21-7-5-4-6-8-21/h4-12,15-20,26H,13-14H2,1-2H3/t20-,26-,31-/m1/s1. The van der Waals surface area contributed by atoms with Gasteiger partial charge in [0.1, 0.15) is 0 Å². The fraction of sp³-hybridized carbons (Fsp3) is 0.226. The van der Waals surface area contributed by atoms with Crippen molar-refractivity contribution in [3.63, 3.8) is 0 Å². The van der Waals surface area contributed by atoms with Gasteiger partial charge >= 0.3 is 0 Å². The van der Waals surface area contributed by atoms with E-state index in [9.17, 15) is 4.79 Å². The number of nitrogens with zero attached hydrogens (tertiary/aromatic N) is 4. The Labute approximate surface area is 211 Å². The minimum atomic E-state index is -0.474. The zero-order valence-electron chi connectivity index (χ0n) is 20.3. The number of hydrogen-bond acceptors (Lipinski definition) is 3. The van der Waals surface area contributed by atoms with Crippen molar-refractivity contribution in [3.8, 4) is 28.1 Å². The first-order valence-corrected chi connectivity index (χ1v) is 12.3. The average molecular weight is 471 g/mol. The summed E-state index contributed by atoms with van der Waals surface area (Å²) in [5, 5.41) is 5.22. The molecule has 0 fully saturated rings. The number of fused-ring (bicyclic) bond motifs is 3. The summed E-state index contributed by atoms with van der Waals surface area (Å²) in [5.74, 6) is -0.116. The molecule has 2 aromatic heterocycles. The minimum absolute atomic E-state index is 0.0405. The van der Waals surface area contributed by atoms with Crippen LogP contribution in [-0.4, -0.2) is 20.5 Å². The lowest BCUT2D eigenvalue weighted by Crippen LogP contribution is -2.45. The molecule has 6 rings (SSSR count). The van der Waals surface area contributed by atoms with Gasteiger partial charge in [-0.2, -0.15) is 5.10 Å². The highest BCUT2D eigenvalue weighted by Crippen LogP contribution is 2.51. The van der Waals surface area contributed by atoms with Crippen LogP contribution in [0.2, 0.25) is 0 Å². The first-order chi connectivity index (χ1) is 17.5. The Bertz CT molecular complexity index is 1530. The van der Waals surface area contributed by atoms with Crippen molar-refractivity contribution in [3.05, 3.63) is 114 Å². The highest BCUT2D eigenvalue weighted by molar-refractivity contribution is 6.00. The number of benzene rings is 2. The molecule has 5 nitrogen and oxygen atoms in total. The molecular formula is C31H26N4O. The fourth-order valence-corrected chi connectivity index (χ4v) is 6.12. The SMILES string of the molecule is [C-]#[N+]C1=C[C@@]2(C)c3nn(-c4ccc(-c5ccccc5)cc4)c(-c4ccncc4)c3CC[C@@H]2[C@@H](C)C1=O. The zero-order chi connectivity index (χ0) is 24.9. The van der Waals surface area contributed by atoms with Crippen molar-refractivity contribution in [2.24, 2.45) is 11.8 Å². The number of pyridine rings is 1. The molecule has 5 heteroatoms. The van der Waals surface area contributed by atoms with Crippen molar-refractivity contribution >= 4 is 5.78 Å². The van der Waals surface area contributed by atoms with E-state index in [2.05, 4.69) is 53.2 Å². The number of ketones is 1. The lowest BCUT2D eigenvalue weighted by molar-refractivity contribution is -0.121. The van der Waals surface area contributed by atoms with Crippen LogP contribution < -0.4 is 0 Å². The summed E-state index contributed by atoms with van der Waals surface area (Å²) in [6, 6.07) is 22.9.